The summed E-state index contributed by atoms with van der Waals surface area (Å²) >= 11 is 0. The van der Waals surface area contributed by atoms with Crippen molar-refractivity contribution in [1.29, 1.82) is 0 Å². The highest BCUT2D eigenvalue weighted by Crippen LogP contribution is 2.29. The number of piperazine rings is 1. The summed E-state index contributed by atoms with van der Waals surface area (Å²) in [6.07, 6.45) is 4.00. The monoisotopic (exact) mass is 617 g/mol. The van der Waals surface area contributed by atoms with Gasteiger partial charge in [-0.2, -0.15) is 0 Å². The van der Waals surface area contributed by atoms with Gasteiger partial charge in [0.2, 0.25) is 11.8 Å². The fraction of sp³-hybridized carbons (Fsp3) is 0.625. The molecule has 1 saturated heterocycles. The van der Waals surface area contributed by atoms with E-state index in [4.69, 9.17) is 4.74 Å². The molecule has 4 amide bonds. The molecule has 12 heteroatoms. The van der Waals surface area contributed by atoms with Crippen LogP contribution in [0.15, 0.2) is 18.2 Å². The fourth-order valence-corrected chi connectivity index (χ4v) is 6.14. The van der Waals surface area contributed by atoms with Gasteiger partial charge in [-0.1, -0.05) is 19.3 Å². The number of benzene rings is 1. The number of amides is 4. The van der Waals surface area contributed by atoms with Gasteiger partial charge in [0.05, 0.1) is 5.52 Å². The predicted octanol–water partition coefficient (Wildman–Crippen LogP) is 4.45. The average molecular weight is 618 g/mol. The Kier molecular flexibility index (Phi) is 9.90. The summed E-state index contributed by atoms with van der Waals surface area (Å²) in [5.74, 6) is -2.93. The minimum atomic E-state index is -0.982. The normalized spacial score (nSPS) is 19.4. The Morgan fingerprint density at radius 3 is 2.27 bits per heavy atom. The van der Waals surface area contributed by atoms with Gasteiger partial charge in [-0.15, -0.1) is 0 Å². The third-order valence-corrected chi connectivity index (χ3v) is 8.83. The molecule has 1 aromatic carbocycles. The van der Waals surface area contributed by atoms with Crippen molar-refractivity contribution in [1.82, 2.24) is 24.6 Å². The molecule has 3 atom stereocenters. The molecule has 1 aliphatic carbocycles. The van der Waals surface area contributed by atoms with Gasteiger partial charge in [0.15, 0.2) is 11.6 Å². The van der Waals surface area contributed by atoms with Gasteiger partial charge >= 0.3 is 6.09 Å². The first-order valence-corrected chi connectivity index (χ1v) is 15.4. The maximum Gasteiger partial charge on any atom is 0.410 e. The summed E-state index contributed by atoms with van der Waals surface area (Å²) < 4.78 is 34.6. The molecule has 1 saturated carbocycles. The summed E-state index contributed by atoms with van der Waals surface area (Å²) in [4.78, 5) is 58.1. The number of carbonyl (C=O) groups is 4. The van der Waals surface area contributed by atoms with Crippen LogP contribution >= 0.6 is 0 Å². The summed E-state index contributed by atoms with van der Waals surface area (Å²) in [6, 6.07) is 1.74. The molecule has 2 unspecified atom stereocenters. The summed E-state index contributed by atoms with van der Waals surface area (Å²) in [5.41, 5.74) is -0.00939. The molecular formula is C32H45F2N5O5. The molecule has 0 bridgehead atoms. The molecule has 2 fully saturated rings. The number of hydrogen-bond donors (Lipinski definition) is 1. The van der Waals surface area contributed by atoms with Crippen molar-refractivity contribution in [2.24, 2.45) is 13.0 Å². The highest BCUT2D eigenvalue weighted by Gasteiger charge is 2.40. The third-order valence-electron chi connectivity index (χ3n) is 8.83. The number of aromatic nitrogens is 1. The third kappa shape index (κ3) is 7.15. The molecule has 0 radical (unpaired) electrons. The molecule has 0 spiro atoms. The zero-order chi connectivity index (χ0) is 32.5. The van der Waals surface area contributed by atoms with Crippen LogP contribution in [-0.2, 0) is 21.4 Å². The van der Waals surface area contributed by atoms with Crippen LogP contribution < -0.4 is 5.32 Å². The summed E-state index contributed by atoms with van der Waals surface area (Å²) in [7, 11) is 3.13. The molecule has 2 heterocycles. The van der Waals surface area contributed by atoms with Crippen LogP contribution in [0.1, 0.15) is 77.2 Å². The SMILES string of the molecule is CC(C(=O)NC(C(=O)N1CCN(C(=O)c2cc3cc(F)c(F)cc3n2C)C[C@H]1C)C1CCCCC1)N(C)C(=O)OC(C)(C)C. The van der Waals surface area contributed by atoms with Crippen molar-refractivity contribution in [3.63, 3.8) is 0 Å². The predicted molar refractivity (Wildman–Crippen MR) is 162 cm³/mol. The minimum absolute atomic E-state index is 0.0392. The van der Waals surface area contributed by atoms with E-state index in [1.807, 2.05) is 6.92 Å². The molecule has 10 nitrogen and oxygen atoms in total. The van der Waals surface area contributed by atoms with E-state index in [0.717, 1.165) is 44.2 Å². The quantitative estimate of drug-likeness (QED) is 0.516. The first kappa shape index (κ1) is 33.2. The zero-order valence-electron chi connectivity index (χ0n) is 26.8. The number of rotatable bonds is 6. The summed E-state index contributed by atoms with van der Waals surface area (Å²) in [6.45, 7) is 9.51. The van der Waals surface area contributed by atoms with Crippen LogP contribution in [0.5, 0.6) is 0 Å². The number of nitrogens with one attached hydrogen (secondary N) is 1. The molecule has 1 aromatic heterocycles. The van der Waals surface area contributed by atoms with Gasteiger partial charge in [-0.3, -0.25) is 19.3 Å². The lowest BCUT2D eigenvalue weighted by Gasteiger charge is -2.43. The number of nitrogens with zero attached hydrogens (tertiary/aromatic N) is 4. The second kappa shape index (κ2) is 13.1. The van der Waals surface area contributed by atoms with Crippen LogP contribution in [0.2, 0.25) is 0 Å². The summed E-state index contributed by atoms with van der Waals surface area (Å²) in [5, 5.41) is 3.39. The standard InChI is InChI=1S/C32H45F2N5O5/c1-19-18-38(29(41)26-16-22-15-23(33)24(34)17-25(22)37(26)7)13-14-39(19)30(42)27(21-11-9-8-10-12-21)35-28(40)20(2)36(6)31(43)44-32(3,4)5/h15-17,19-21,27H,8-14,18H2,1-7H3,(H,35,40)/t19-,20?,27?/m1/s1. The first-order valence-electron chi connectivity index (χ1n) is 15.4. The lowest BCUT2D eigenvalue weighted by atomic mass is 9.83. The molecule has 1 N–H and O–H groups in total. The van der Waals surface area contributed by atoms with Crippen LogP contribution in [-0.4, -0.2) is 93.5 Å². The molecule has 1 aliphatic heterocycles. The van der Waals surface area contributed by atoms with Gasteiger partial charge in [0, 0.05) is 51.2 Å². The van der Waals surface area contributed by atoms with E-state index < -0.39 is 41.3 Å². The second-order valence-corrected chi connectivity index (χ2v) is 13.2. The number of hydrogen-bond acceptors (Lipinski definition) is 5. The number of carbonyl (C=O) groups excluding carboxylic acids is 4. The lowest BCUT2D eigenvalue weighted by Crippen LogP contribution is -2.62. The van der Waals surface area contributed by atoms with Crippen molar-refractivity contribution in [2.45, 2.75) is 90.4 Å². The van der Waals surface area contributed by atoms with E-state index in [1.165, 1.54) is 11.9 Å². The van der Waals surface area contributed by atoms with Crippen LogP contribution in [0.4, 0.5) is 13.6 Å². The van der Waals surface area contributed by atoms with Crippen LogP contribution in [0, 0.1) is 17.6 Å². The zero-order valence-corrected chi connectivity index (χ0v) is 26.8. The molecule has 44 heavy (non-hydrogen) atoms. The van der Waals surface area contributed by atoms with Gasteiger partial charge < -0.3 is 24.4 Å². The molecular weight excluding hydrogens is 572 g/mol. The van der Waals surface area contributed by atoms with E-state index in [1.54, 1.807) is 55.2 Å². The highest BCUT2D eigenvalue weighted by molar-refractivity contribution is 5.99. The molecule has 2 aliphatic rings. The van der Waals surface area contributed by atoms with Gasteiger partial charge in [0.1, 0.15) is 23.4 Å². The fourth-order valence-electron chi connectivity index (χ4n) is 6.14. The van der Waals surface area contributed by atoms with E-state index in [2.05, 4.69) is 5.32 Å². The van der Waals surface area contributed by atoms with Crippen LogP contribution in [0.25, 0.3) is 10.9 Å². The Morgan fingerprint density at radius 2 is 1.66 bits per heavy atom. The van der Waals surface area contributed by atoms with Crippen molar-refractivity contribution < 1.29 is 32.7 Å². The van der Waals surface area contributed by atoms with E-state index in [9.17, 15) is 28.0 Å². The molecule has 242 valence electrons. The van der Waals surface area contributed by atoms with Gasteiger partial charge in [-0.05, 0) is 65.5 Å². The van der Waals surface area contributed by atoms with Crippen molar-refractivity contribution in [3.8, 4) is 0 Å². The Bertz CT molecular complexity index is 1410. The first-order chi connectivity index (χ1) is 20.6. The smallest absolute Gasteiger partial charge is 0.410 e. The molecule has 2 aromatic rings. The van der Waals surface area contributed by atoms with Crippen LogP contribution in [0.3, 0.4) is 0 Å². The van der Waals surface area contributed by atoms with E-state index in [0.29, 0.717) is 16.6 Å². The van der Waals surface area contributed by atoms with Crippen molar-refractivity contribution in [3.05, 3.63) is 35.5 Å². The number of halogens is 2. The number of likely N-dealkylation sites (N-methyl/N-ethyl adjacent to an activating group) is 1. The topological polar surface area (TPSA) is 104 Å². The van der Waals surface area contributed by atoms with Gasteiger partial charge in [0.25, 0.3) is 5.91 Å². The van der Waals surface area contributed by atoms with E-state index in [-0.39, 0.29) is 43.4 Å². The number of fused-ring (bicyclic) bond motifs is 1. The molecule has 4 rings (SSSR count). The highest BCUT2D eigenvalue weighted by atomic mass is 19.2. The van der Waals surface area contributed by atoms with E-state index >= 15 is 0 Å². The Labute approximate surface area is 257 Å². The maximum absolute atomic E-state index is 14.1. The van der Waals surface area contributed by atoms with Gasteiger partial charge in [-0.25, -0.2) is 13.6 Å². The van der Waals surface area contributed by atoms with Crippen molar-refractivity contribution in [2.75, 3.05) is 26.7 Å². The largest absolute Gasteiger partial charge is 0.444 e. The Balaban J connectivity index is 1.47. The number of ether oxygens (including phenoxy) is 1. The maximum atomic E-state index is 14.1. The van der Waals surface area contributed by atoms with Crippen molar-refractivity contribution >= 4 is 34.7 Å². The average Bonchev–Trinajstić information content (AvgIpc) is 3.28. The Hall–Kier alpha value is -3.70. The number of aryl methyl sites for hydroxylation is 1. The lowest BCUT2D eigenvalue weighted by molar-refractivity contribution is -0.142. The second-order valence-electron chi connectivity index (χ2n) is 13.2. The Morgan fingerprint density at radius 1 is 1.02 bits per heavy atom. The minimum Gasteiger partial charge on any atom is -0.444 e.